The second-order valence-corrected chi connectivity index (χ2v) is 6.90. The Morgan fingerprint density at radius 2 is 2.08 bits per heavy atom. The Morgan fingerprint density at radius 1 is 1.29 bits per heavy atom. The van der Waals surface area contributed by atoms with Crippen LogP contribution in [0.15, 0.2) is 24.3 Å². The summed E-state index contributed by atoms with van der Waals surface area (Å²) in [6.45, 7) is 4.87. The summed E-state index contributed by atoms with van der Waals surface area (Å²) in [4.78, 5) is 28.7. The molecule has 0 saturated carbocycles. The van der Waals surface area contributed by atoms with Gasteiger partial charge in [0, 0.05) is 38.0 Å². The van der Waals surface area contributed by atoms with Crippen molar-refractivity contribution < 1.29 is 9.59 Å². The Balaban J connectivity index is 1.80. The van der Waals surface area contributed by atoms with Crippen LogP contribution >= 0.6 is 0 Å². The number of rotatable bonds is 2. The lowest BCUT2D eigenvalue weighted by atomic mass is 9.73. The van der Waals surface area contributed by atoms with Crippen LogP contribution in [0.25, 0.3) is 0 Å². The highest BCUT2D eigenvalue weighted by Crippen LogP contribution is 2.39. The summed E-state index contributed by atoms with van der Waals surface area (Å²) in [6, 6.07) is 9.10. The van der Waals surface area contributed by atoms with Gasteiger partial charge in [-0.3, -0.25) is 9.59 Å². The molecule has 2 aliphatic heterocycles. The summed E-state index contributed by atoms with van der Waals surface area (Å²) in [5.41, 5.74) is 0.923. The Morgan fingerprint density at radius 3 is 2.83 bits per heavy atom. The molecule has 0 N–H and O–H groups in total. The van der Waals surface area contributed by atoms with Crippen molar-refractivity contribution in [2.24, 2.45) is 5.41 Å². The van der Waals surface area contributed by atoms with E-state index in [1.807, 2.05) is 16.7 Å². The highest BCUT2D eigenvalue weighted by atomic mass is 16.2. The van der Waals surface area contributed by atoms with Gasteiger partial charge in [0.05, 0.1) is 17.2 Å². The number of benzene rings is 1. The van der Waals surface area contributed by atoms with Gasteiger partial charge in [-0.15, -0.1) is 0 Å². The Kier molecular flexibility index (Phi) is 4.57. The molecule has 2 fully saturated rings. The van der Waals surface area contributed by atoms with Crippen LogP contribution in [0.2, 0.25) is 0 Å². The molecule has 5 heteroatoms. The van der Waals surface area contributed by atoms with Crippen LogP contribution < -0.4 is 0 Å². The molecular formula is C19H23N3O2. The van der Waals surface area contributed by atoms with E-state index < -0.39 is 0 Å². The third kappa shape index (κ3) is 3.01. The number of nitrogens with zero attached hydrogens (tertiary/aromatic N) is 3. The van der Waals surface area contributed by atoms with E-state index in [0.717, 1.165) is 38.9 Å². The van der Waals surface area contributed by atoms with E-state index in [-0.39, 0.29) is 17.2 Å². The molecule has 2 aliphatic rings. The van der Waals surface area contributed by atoms with E-state index >= 15 is 0 Å². The van der Waals surface area contributed by atoms with E-state index in [1.165, 1.54) is 0 Å². The minimum Gasteiger partial charge on any atom is -0.342 e. The number of carbonyl (C=O) groups excluding carboxylic acids is 2. The van der Waals surface area contributed by atoms with Crippen LogP contribution in [0.4, 0.5) is 0 Å². The quantitative estimate of drug-likeness (QED) is 0.839. The molecule has 1 spiro atoms. The normalized spacial score (nSPS) is 24.1. The van der Waals surface area contributed by atoms with Crippen LogP contribution in [0.5, 0.6) is 0 Å². The molecular weight excluding hydrogens is 302 g/mol. The molecule has 1 aromatic carbocycles. The first-order chi connectivity index (χ1) is 11.6. The maximum atomic E-state index is 12.9. The highest BCUT2D eigenvalue weighted by Gasteiger charge is 2.42. The number of carbonyl (C=O) groups is 2. The average molecular weight is 325 g/mol. The zero-order chi connectivity index (χ0) is 17.2. The van der Waals surface area contributed by atoms with Gasteiger partial charge in [-0.05, 0) is 38.3 Å². The molecule has 0 aromatic heterocycles. The summed E-state index contributed by atoms with van der Waals surface area (Å²) in [5.74, 6) is 0.160. The molecule has 1 atom stereocenters. The number of piperidine rings is 2. The molecule has 1 aromatic rings. The molecule has 2 amide bonds. The Labute approximate surface area is 142 Å². The van der Waals surface area contributed by atoms with Gasteiger partial charge in [0.15, 0.2) is 0 Å². The number of hydrogen-bond acceptors (Lipinski definition) is 3. The van der Waals surface area contributed by atoms with Crippen LogP contribution in [-0.4, -0.2) is 47.8 Å². The van der Waals surface area contributed by atoms with E-state index in [9.17, 15) is 14.9 Å². The molecule has 0 bridgehead atoms. The topological polar surface area (TPSA) is 64.4 Å². The lowest BCUT2D eigenvalue weighted by Gasteiger charge is -2.48. The predicted octanol–water partition coefficient (Wildman–Crippen LogP) is 2.42. The molecule has 126 valence electrons. The fraction of sp³-hybridized carbons (Fsp3) is 0.526. The van der Waals surface area contributed by atoms with E-state index in [0.29, 0.717) is 24.1 Å². The summed E-state index contributed by atoms with van der Waals surface area (Å²) >= 11 is 0. The monoisotopic (exact) mass is 325 g/mol. The van der Waals surface area contributed by atoms with Gasteiger partial charge in [0.1, 0.15) is 0 Å². The van der Waals surface area contributed by atoms with Gasteiger partial charge in [0.2, 0.25) is 5.91 Å². The minimum atomic E-state index is -0.0637. The van der Waals surface area contributed by atoms with Gasteiger partial charge < -0.3 is 9.80 Å². The summed E-state index contributed by atoms with van der Waals surface area (Å²) in [6.07, 6.45) is 3.43. The average Bonchev–Trinajstić information content (AvgIpc) is 2.63. The Hall–Kier alpha value is -2.35. The standard InChI is InChI=1S/C19H23N3O2/c1-2-21-13-19(10-8-17(21)23)9-5-11-22(14-19)18(24)16-7-4-3-6-15(16)12-20/h3-4,6-7H,2,5,8-11,13-14H2,1H3. The van der Waals surface area contributed by atoms with Crippen LogP contribution in [-0.2, 0) is 4.79 Å². The van der Waals surface area contributed by atoms with Gasteiger partial charge in [-0.25, -0.2) is 0 Å². The van der Waals surface area contributed by atoms with Crippen molar-refractivity contribution in [3.8, 4) is 6.07 Å². The zero-order valence-corrected chi connectivity index (χ0v) is 14.1. The smallest absolute Gasteiger partial charge is 0.255 e. The summed E-state index contributed by atoms with van der Waals surface area (Å²) in [7, 11) is 0. The first-order valence-corrected chi connectivity index (χ1v) is 8.65. The van der Waals surface area contributed by atoms with Crippen LogP contribution in [0.1, 0.15) is 48.5 Å². The minimum absolute atomic E-state index is 0.0133. The second-order valence-electron chi connectivity index (χ2n) is 6.90. The molecule has 5 nitrogen and oxygen atoms in total. The lowest BCUT2D eigenvalue weighted by molar-refractivity contribution is -0.138. The number of hydrogen-bond donors (Lipinski definition) is 0. The molecule has 0 radical (unpaired) electrons. The fourth-order valence-corrected chi connectivity index (χ4v) is 4.04. The number of likely N-dealkylation sites (tertiary alicyclic amines) is 2. The SMILES string of the molecule is CCN1CC2(CCCN(C(=O)c3ccccc3C#N)C2)CCC1=O. The van der Waals surface area contributed by atoms with Gasteiger partial charge in [-0.2, -0.15) is 5.26 Å². The maximum absolute atomic E-state index is 12.9. The largest absolute Gasteiger partial charge is 0.342 e. The van der Waals surface area contributed by atoms with Crippen LogP contribution in [0, 0.1) is 16.7 Å². The molecule has 24 heavy (non-hydrogen) atoms. The molecule has 0 aliphatic carbocycles. The number of nitriles is 1. The Bertz CT molecular complexity index is 694. The lowest BCUT2D eigenvalue weighted by Crippen LogP contribution is -2.55. The molecule has 2 heterocycles. The van der Waals surface area contributed by atoms with Gasteiger partial charge >= 0.3 is 0 Å². The van der Waals surface area contributed by atoms with Crippen molar-refractivity contribution in [3.63, 3.8) is 0 Å². The van der Waals surface area contributed by atoms with E-state index in [4.69, 9.17) is 0 Å². The van der Waals surface area contributed by atoms with Crippen molar-refractivity contribution >= 4 is 11.8 Å². The summed E-state index contributed by atoms with van der Waals surface area (Å²) < 4.78 is 0. The van der Waals surface area contributed by atoms with Crippen molar-refractivity contribution in [3.05, 3.63) is 35.4 Å². The van der Waals surface area contributed by atoms with Crippen molar-refractivity contribution in [1.29, 1.82) is 5.26 Å². The van der Waals surface area contributed by atoms with E-state index in [2.05, 4.69) is 6.07 Å². The first-order valence-electron chi connectivity index (χ1n) is 8.65. The van der Waals surface area contributed by atoms with Crippen LogP contribution in [0.3, 0.4) is 0 Å². The predicted molar refractivity (Wildman–Crippen MR) is 90.2 cm³/mol. The van der Waals surface area contributed by atoms with E-state index in [1.54, 1.807) is 24.3 Å². The first kappa shape index (κ1) is 16.5. The molecule has 3 rings (SSSR count). The third-order valence-electron chi connectivity index (χ3n) is 5.36. The number of amides is 2. The maximum Gasteiger partial charge on any atom is 0.255 e. The van der Waals surface area contributed by atoms with Crippen molar-refractivity contribution in [2.45, 2.75) is 32.6 Å². The van der Waals surface area contributed by atoms with Gasteiger partial charge in [-0.1, -0.05) is 12.1 Å². The second kappa shape index (κ2) is 6.64. The molecule has 1 unspecified atom stereocenters. The fourth-order valence-electron chi connectivity index (χ4n) is 4.04. The third-order valence-corrected chi connectivity index (χ3v) is 5.36. The van der Waals surface area contributed by atoms with Gasteiger partial charge in [0.25, 0.3) is 5.91 Å². The summed E-state index contributed by atoms with van der Waals surface area (Å²) in [5, 5.41) is 9.24. The van der Waals surface area contributed by atoms with Crippen molar-refractivity contribution in [1.82, 2.24) is 9.80 Å². The zero-order valence-electron chi connectivity index (χ0n) is 14.1. The highest BCUT2D eigenvalue weighted by molar-refractivity contribution is 5.96. The van der Waals surface area contributed by atoms with Crippen molar-refractivity contribution in [2.75, 3.05) is 26.2 Å². The molecule has 2 saturated heterocycles.